The Hall–Kier alpha value is -1.93. The number of hydrogen-bond acceptors (Lipinski definition) is 4. The highest BCUT2D eigenvalue weighted by atomic mass is 16.1. The second-order valence-electron chi connectivity index (χ2n) is 4.05. The number of rotatable bonds is 3. The molecule has 5 nitrogen and oxygen atoms in total. The average molecular weight is 230 g/mol. The minimum atomic E-state index is -0.191. The Labute approximate surface area is 99.9 Å². The Balaban J connectivity index is 1.88. The van der Waals surface area contributed by atoms with Crippen LogP contribution in [0.4, 0.5) is 0 Å². The Bertz CT molecular complexity index is 429. The number of amides is 1. The molecule has 2 N–H and O–H groups in total. The summed E-state index contributed by atoms with van der Waals surface area (Å²) in [5, 5.41) is 14.8. The van der Waals surface area contributed by atoms with E-state index < -0.39 is 0 Å². The third-order valence-electron chi connectivity index (χ3n) is 2.80. The van der Waals surface area contributed by atoms with E-state index in [4.69, 9.17) is 5.26 Å². The number of aromatic nitrogens is 1. The Morgan fingerprint density at radius 3 is 3.12 bits per heavy atom. The van der Waals surface area contributed by atoms with E-state index in [0.717, 1.165) is 19.4 Å². The fraction of sp³-hybridized carbons (Fsp3) is 0.417. The zero-order chi connectivity index (χ0) is 12.1. The molecule has 0 spiro atoms. The van der Waals surface area contributed by atoms with Crippen LogP contribution in [0.3, 0.4) is 0 Å². The molecule has 2 heterocycles. The molecule has 0 bridgehead atoms. The highest BCUT2D eigenvalue weighted by Crippen LogP contribution is 2.04. The van der Waals surface area contributed by atoms with E-state index in [9.17, 15) is 4.79 Å². The Morgan fingerprint density at radius 2 is 2.53 bits per heavy atom. The maximum absolute atomic E-state index is 11.7. The molecule has 1 unspecified atom stereocenters. The van der Waals surface area contributed by atoms with Gasteiger partial charge in [-0.2, -0.15) is 5.26 Å². The zero-order valence-electron chi connectivity index (χ0n) is 9.44. The summed E-state index contributed by atoms with van der Waals surface area (Å²) in [6.07, 6.45) is 3.67. The van der Waals surface area contributed by atoms with Crippen molar-refractivity contribution in [3.8, 4) is 6.07 Å². The van der Waals surface area contributed by atoms with Crippen LogP contribution in [0.25, 0.3) is 0 Å². The third-order valence-corrected chi connectivity index (χ3v) is 2.80. The summed E-state index contributed by atoms with van der Waals surface area (Å²) in [5.41, 5.74) is 0.806. The van der Waals surface area contributed by atoms with Crippen molar-refractivity contribution in [1.29, 1.82) is 5.26 Å². The van der Waals surface area contributed by atoms with Gasteiger partial charge in [-0.15, -0.1) is 0 Å². The summed E-state index contributed by atoms with van der Waals surface area (Å²) in [7, 11) is 0. The van der Waals surface area contributed by atoms with E-state index in [1.165, 1.54) is 6.20 Å². The van der Waals surface area contributed by atoms with Gasteiger partial charge in [0.05, 0.1) is 5.56 Å². The average Bonchev–Trinajstić information content (AvgIpc) is 2.89. The lowest BCUT2D eigenvalue weighted by Crippen LogP contribution is -2.37. The lowest BCUT2D eigenvalue weighted by Gasteiger charge is -2.10. The van der Waals surface area contributed by atoms with Crippen LogP contribution in [-0.2, 0) is 0 Å². The number of carbonyl (C=O) groups excluding carboxylic acids is 1. The highest BCUT2D eigenvalue weighted by molar-refractivity contribution is 5.92. The molecule has 1 aromatic heterocycles. The SMILES string of the molecule is N#Cc1ccc(C(=O)NCC2CCCN2)nc1. The minimum Gasteiger partial charge on any atom is -0.349 e. The van der Waals surface area contributed by atoms with Crippen molar-refractivity contribution < 1.29 is 4.79 Å². The minimum absolute atomic E-state index is 0.191. The van der Waals surface area contributed by atoms with Gasteiger partial charge in [0.15, 0.2) is 0 Å². The van der Waals surface area contributed by atoms with Crippen molar-refractivity contribution in [2.24, 2.45) is 0 Å². The summed E-state index contributed by atoms with van der Waals surface area (Å²) in [6.45, 7) is 1.65. The van der Waals surface area contributed by atoms with Gasteiger partial charge in [0.25, 0.3) is 5.91 Å². The highest BCUT2D eigenvalue weighted by Gasteiger charge is 2.15. The molecule has 1 saturated heterocycles. The first-order valence-electron chi connectivity index (χ1n) is 5.67. The number of pyridine rings is 1. The zero-order valence-corrected chi connectivity index (χ0v) is 9.44. The molecule has 0 radical (unpaired) electrons. The van der Waals surface area contributed by atoms with E-state index in [0.29, 0.717) is 23.8 Å². The van der Waals surface area contributed by atoms with Gasteiger partial charge in [0, 0.05) is 18.8 Å². The molecule has 0 aliphatic carbocycles. The van der Waals surface area contributed by atoms with E-state index in [1.54, 1.807) is 12.1 Å². The van der Waals surface area contributed by atoms with Crippen LogP contribution in [-0.4, -0.2) is 30.0 Å². The predicted molar refractivity (Wildman–Crippen MR) is 62.3 cm³/mol. The molecule has 88 valence electrons. The van der Waals surface area contributed by atoms with Crippen LogP contribution in [0.2, 0.25) is 0 Å². The van der Waals surface area contributed by atoms with Crippen LogP contribution in [0.1, 0.15) is 28.9 Å². The topological polar surface area (TPSA) is 77.8 Å². The molecule has 5 heteroatoms. The van der Waals surface area contributed by atoms with Crippen molar-refractivity contribution in [3.63, 3.8) is 0 Å². The van der Waals surface area contributed by atoms with Crippen molar-refractivity contribution >= 4 is 5.91 Å². The second kappa shape index (κ2) is 5.41. The molecule has 1 fully saturated rings. The van der Waals surface area contributed by atoms with Crippen molar-refractivity contribution in [1.82, 2.24) is 15.6 Å². The lowest BCUT2D eigenvalue weighted by atomic mass is 10.2. The molecule has 1 aliphatic heterocycles. The summed E-state index contributed by atoms with van der Waals surface area (Å²) in [5.74, 6) is -0.191. The molecule has 2 rings (SSSR count). The number of nitrogens with one attached hydrogen (secondary N) is 2. The Kier molecular flexibility index (Phi) is 3.68. The predicted octanol–water partition coefficient (Wildman–Crippen LogP) is 0.435. The fourth-order valence-corrected chi connectivity index (χ4v) is 1.83. The first kappa shape index (κ1) is 11.6. The van der Waals surface area contributed by atoms with Crippen molar-refractivity contribution in [2.45, 2.75) is 18.9 Å². The van der Waals surface area contributed by atoms with Gasteiger partial charge < -0.3 is 10.6 Å². The third kappa shape index (κ3) is 3.02. The molecule has 17 heavy (non-hydrogen) atoms. The van der Waals surface area contributed by atoms with Gasteiger partial charge in [0.2, 0.25) is 0 Å². The Morgan fingerprint density at radius 1 is 1.65 bits per heavy atom. The van der Waals surface area contributed by atoms with E-state index >= 15 is 0 Å². The van der Waals surface area contributed by atoms with Crippen LogP contribution in [0, 0.1) is 11.3 Å². The van der Waals surface area contributed by atoms with Crippen LogP contribution in [0.5, 0.6) is 0 Å². The van der Waals surface area contributed by atoms with E-state index in [2.05, 4.69) is 15.6 Å². The summed E-state index contributed by atoms with van der Waals surface area (Å²) >= 11 is 0. The lowest BCUT2D eigenvalue weighted by molar-refractivity contribution is 0.0945. The molecule has 1 aliphatic rings. The number of nitriles is 1. The molecule has 0 aromatic carbocycles. The summed E-state index contributed by atoms with van der Waals surface area (Å²) in [6, 6.07) is 5.50. The second-order valence-corrected chi connectivity index (χ2v) is 4.05. The quantitative estimate of drug-likeness (QED) is 0.789. The standard InChI is InChI=1S/C12H14N4O/c13-6-9-3-4-11(15-7-9)12(17)16-8-10-2-1-5-14-10/h3-4,7,10,14H,1-2,5,8H2,(H,16,17). The largest absolute Gasteiger partial charge is 0.349 e. The van der Waals surface area contributed by atoms with Gasteiger partial charge in [-0.1, -0.05) is 0 Å². The van der Waals surface area contributed by atoms with E-state index in [-0.39, 0.29) is 5.91 Å². The number of carbonyl (C=O) groups is 1. The van der Waals surface area contributed by atoms with Gasteiger partial charge in [-0.25, -0.2) is 4.98 Å². The van der Waals surface area contributed by atoms with Gasteiger partial charge in [-0.05, 0) is 31.5 Å². The molecule has 1 amide bonds. The maximum Gasteiger partial charge on any atom is 0.269 e. The maximum atomic E-state index is 11.7. The van der Waals surface area contributed by atoms with Crippen molar-refractivity contribution in [2.75, 3.05) is 13.1 Å². The molecule has 1 aromatic rings. The number of hydrogen-bond donors (Lipinski definition) is 2. The number of nitrogens with zero attached hydrogens (tertiary/aromatic N) is 2. The van der Waals surface area contributed by atoms with Gasteiger partial charge >= 0.3 is 0 Å². The van der Waals surface area contributed by atoms with E-state index in [1.807, 2.05) is 6.07 Å². The molecule has 0 saturated carbocycles. The summed E-state index contributed by atoms with van der Waals surface area (Å²) in [4.78, 5) is 15.7. The van der Waals surface area contributed by atoms with Crippen LogP contribution < -0.4 is 10.6 Å². The smallest absolute Gasteiger partial charge is 0.269 e. The normalized spacial score (nSPS) is 18.6. The van der Waals surface area contributed by atoms with Crippen LogP contribution >= 0.6 is 0 Å². The monoisotopic (exact) mass is 230 g/mol. The summed E-state index contributed by atoms with van der Waals surface area (Å²) < 4.78 is 0. The fourth-order valence-electron chi connectivity index (χ4n) is 1.83. The first-order valence-corrected chi connectivity index (χ1v) is 5.67. The van der Waals surface area contributed by atoms with Gasteiger partial charge in [-0.3, -0.25) is 4.79 Å². The van der Waals surface area contributed by atoms with Crippen molar-refractivity contribution in [3.05, 3.63) is 29.6 Å². The molecular weight excluding hydrogens is 216 g/mol. The van der Waals surface area contributed by atoms with Gasteiger partial charge in [0.1, 0.15) is 11.8 Å². The first-order chi connectivity index (χ1) is 8.29. The molecule has 1 atom stereocenters. The van der Waals surface area contributed by atoms with Crippen LogP contribution in [0.15, 0.2) is 18.3 Å². The molecular formula is C12H14N4O.